The number of aryl methyl sites for hydroxylation is 1. The minimum atomic E-state index is 0.420. The summed E-state index contributed by atoms with van der Waals surface area (Å²) < 4.78 is 3.82. The Hall–Kier alpha value is -1.34. The number of hydrogen-bond acceptors (Lipinski definition) is 5. The third-order valence-corrected chi connectivity index (χ3v) is 3.22. The summed E-state index contributed by atoms with van der Waals surface area (Å²) in [7, 11) is 1.93. The Kier molecular flexibility index (Phi) is 3.58. The molecule has 0 aromatic carbocycles. The van der Waals surface area contributed by atoms with Crippen LogP contribution in [0.2, 0.25) is 0 Å². The number of hydrogen-bond donors (Lipinski definition) is 1. The average molecular weight is 238 g/mol. The Balaban J connectivity index is 1.87. The fourth-order valence-corrected chi connectivity index (χ4v) is 2.17. The molecular weight excluding hydrogens is 224 g/mol. The topological polar surface area (TPSA) is 74.6 Å². The monoisotopic (exact) mass is 238 g/mol. The number of rotatable bonds is 5. The lowest BCUT2D eigenvalue weighted by atomic mass is 10.6. The van der Waals surface area contributed by atoms with Gasteiger partial charge in [-0.15, -0.1) is 10.2 Å². The zero-order valence-electron chi connectivity index (χ0n) is 9.08. The molecule has 0 aliphatic carbocycles. The fraction of sp³-hybridized carbons (Fsp3) is 0.444. The standard InChI is InChI=1S/C9H14N6S/c1-14-8(7-10)12-13-9(14)16-6-5-15-4-2-3-11-15/h2-4H,5-7,10H2,1H3. The molecule has 0 atom stereocenters. The van der Waals surface area contributed by atoms with Crippen LogP contribution in [0.15, 0.2) is 23.6 Å². The van der Waals surface area contributed by atoms with Crippen LogP contribution in [0, 0.1) is 0 Å². The molecule has 0 radical (unpaired) electrons. The smallest absolute Gasteiger partial charge is 0.191 e. The second kappa shape index (κ2) is 5.13. The molecule has 2 aromatic heterocycles. The van der Waals surface area contributed by atoms with Crippen molar-refractivity contribution in [3.63, 3.8) is 0 Å². The van der Waals surface area contributed by atoms with E-state index in [-0.39, 0.29) is 0 Å². The third kappa shape index (κ3) is 2.42. The molecule has 0 bridgehead atoms. The van der Waals surface area contributed by atoms with Gasteiger partial charge in [-0.3, -0.25) is 4.68 Å². The van der Waals surface area contributed by atoms with Crippen LogP contribution in [0.3, 0.4) is 0 Å². The summed E-state index contributed by atoms with van der Waals surface area (Å²) in [4.78, 5) is 0. The summed E-state index contributed by atoms with van der Waals surface area (Å²) in [5.74, 6) is 1.72. The number of nitrogens with two attached hydrogens (primary N) is 1. The van der Waals surface area contributed by atoms with E-state index >= 15 is 0 Å². The van der Waals surface area contributed by atoms with Crippen molar-refractivity contribution in [2.24, 2.45) is 12.8 Å². The van der Waals surface area contributed by atoms with Crippen molar-refractivity contribution in [1.29, 1.82) is 0 Å². The molecule has 0 saturated carbocycles. The summed E-state index contributed by atoms with van der Waals surface area (Å²) >= 11 is 1.65. The van der Waals surface area contributed by atoms with E-state index in [1.165, 1.54) is 0 Å². The van der Waals surface area contributed by atoms with Gasteiger partial charge in [0.15, 0.2) is 5.16 Å². The SMILES string of the molecule is Cn1c(CN)nnc1SCCn1cccn1. The van der Waals surface area contributed by atoms with E-state index in [0.29, 0.717) is 6.54 Å². The van der Waals surface area contributed by atoms with Gasteiger partial charge in [-0.2, -0.15) is 5.10 Å². The maximum atomic E-state index is 5.52. The van der Waals surface area contributed by atoms with Gasteiger partial charge in [-0.1, -0.05) is 11.8 Å². The lowest BCUT2D eigenvalue weighted by molar-refractivity contribution is 0.664. The van der Waals surface area contributed by atoms with Crippen LogP contribution in [0.1, 0.15) is 5.82 Å². The highest BCUT2D eigenvalue weighted by molar-refractivity contribution is 7.99. The van der Waals surface area contributed by atoms with Gasteiger partial charge in [0.25, 0.3) is 0 Å². The van der Waals surface area contributed by atoms with Crippen LogP contribution < -0.4 is 5.73 Å². The van der Waals surface area contributed by atoms with E-state index in [4.69, 9.17) is 5.73 Å². The highest BCUT2D eigenvalue weighted by atomic mass is 32.2. The molecule has 0 saturated heterocycles. The van der Waals surface area contributed by atoms with E-state index in [1.807, 2.05) is 28.6 Å². The summed E-state index contributed by atoms with van der Waals surface area (Å²) in [6, 6.07) is 1.92. The van der Waals surface area contributed by atoms with Crippen molar-refractivity contribution in [2.45, 2.75) is 18.2 Å². The van der Waals surface area contributed by atoms with E-state index in [1.54, 1.807) is 18.0 Å². The maximum absolute atomic E-state index is 5.52. The zero-order chi connectivity index (χ0) is 11.4. The first-order valence-corrected chi connectivity index (χ1v) is 5.98. The molecule has 0 amide bonds. The molecule has 0 aliphatic heterocycles. The summed E-state index contributed by atoms with van der Waals surface area (Å²) in [5.41, 5.74) is 5.52. The molecule has 0 aliphatic rings. The highest BCUT2D eigenvalue weighted by Gasteiger charge is 2.06. The van der Waals surface area contributed by atoms with Gasteiger partial charge in [0.1, 0.15) is 5.82 Å². The van der Waals surface area contributed by atoms with E-state index < -0.39 is 0 Å². The van der Waals surface area contributed by atoms with Crippen molar-refractivity contribution >= 4 is 11.8 Å². The molecular formula is C9H14N6S. The molecule has 2 aromatic rings. The van der Waals surface area contributed by atoms with Crippen LogP contribution in [0.4, 0.5) is 0 Å². The summed E-state index contributed by atoms with van der Waals surface area (Å²) in [6.45, 7) is 1.28. The first kappa shape index (κ1) is 11.2. The van der Waals surface area contributed by atoms with Crippen molar-refractivity contribution < 1.29 is 0 Å². The quantitative estimate of drug-likeness (QED) is 0.756. The minimum absolute atomic E-state index is 0.420. The van der Waals surface area contributed by atoms with Crippen LogP contribution in [-0.4, -0.2) is 30.3 Å². The average Bonchev–Trinajstić information content (AvgIpc) is 2.90. The molecule has 86 valence electrons. The Labute approximate surface area is 97.8 Å². The molecule has 2 heterocycles. The summed E-state index contributed by atoms with van der Waals surface area (Å²) in [6.07, 6.45) is 3.72. The lowest BCUT2D eigenvalue weighted by Gasteiger charge is -2.02. The van der Waals surface area contributed by atoms with Gasteiger partial charge in [-0.25, -0.2) is 0 Å². The Morgan fingerprint density at radius 2 is 2.31 bits per heavy atom. The zero-order valence-corrected chi connectivity index (χ0v) is 9.89. The largest absolute Gasteiger partial charge is 0.324 e. The molecule has 7 heteroatoms. The Morgan fingerprint density at radius 3 is 2.94 bits per heavy atom. The minimum Gasteiger partial charge on any atom is -0.324 e. The van der Waals surface area contributed by atoms with Gasteiger partial charge in [0, 0.05) is 25.2 Å². The van der Waals surface area contributed by atoms with Gasteiger partial charge >= 0.3 is 0 Å². The molecule has 6 nitrogen and oxygen atoms in total. The predicted molar refractivity (Wildman–Crippen MR) is 61.8 cm³/mol. The Morgan fingerprint density at radius 1 is 1.44 bits per heavy atom. The van der Waals surface area contributed by atoms with Gasteiger partial charge in [0.2, 0.25) is 0 Å². The van der Waals surface area contributed by atoms with Gasteiger partial charge in [-0.05, 0) is 6.07 Å². The second-order valence-corrected chi connectivity index (χ2v) is 4.34. The molecule has 0 fully saturated rings. The van der Waals surface area contributed by atoms with Crippen LogP contribution in [-0.2, 0) is 20.1 Å². The first-order valence-electron chi connectivity index (χ1n) is 5.00. The van der Waals surface area contributed by atoms with E-state index in [9.17, 15) is 0 Å². The van der Waals surface area contributed by atoms with Crippen LogP contribution in [0.5, 0.6) is 0 Å². The number of thioether (sulfide) groups is 1. The van der Waals surface area contributed by atoms with Gasteiger partial charge < -0.3 is 10.3 Å². The van der Waals surface area contributed by atoms with E-state index in [2.05, 4.69) is 15.3 Å². The number of nitrogens with zero attached hydrogens (tertiary/aromatic N) is 5. The fourth-order valence-electron chi connectivity index (χ4n) is 1.31. The van der Waals surface area contributed by atoms with Crippen LogP contribution in [0.25, 0.3) is 0 Å². The molecule has 16 heavy (non-hydrogen) atoms. The molecule has 2 N–H and O–H groups in total. The maximum Gasteiger partial charge on any atom is 0.191 e. The molecule has 0 spiro atoms. The van der Waals surface area contributed by atoms with E-state index in [0.717, 1.165) is 23.3 Å². The van der Waals surface area contributed by atoms with Crippen molar-refractivity contribution in [2.75, 3.05) is 5.75 Å². The van der Waals surface area contributed by atoms with Crippen molar-refractivity contribution in [3.05, 3.63) is 24.3 Å². The van der Waals surface area contributed by atoms with Crippen molar-refractivity contribution in [3.8, 4) is 0 Å². The lowest BCUT2D eigenvalue weighted by Crippen LogP contribution is -2.06. The first-order chi connectivity index (χ1) is 7.81. The van der Waals surface area contributed by atoms with Crippen LogP contribution >= 0.6 is 11.8 Å². The predicted octanol–water partition coefficient (Wildman–Crippen LogP) is 0.263. The molecule has 0 unspecified atom stereocenters. The highest BCUT2D eigenvalue weighted by Crippen LogP contribution is 2.15. The third-order valence-electron chi connectivity index (χ3n) is 2.22. The summed E-state index contributed by atoms with van der Waals surface area (Å²) in [5, 5.41) is 13.1. The Bertz CT molecular complexity index is 435. The number of aromatic nitrogens is 5. The normalized spacial score (nSPS) is 10.9. The molecule has 2 rings (SSSR count). The van der Waals surface area contributed by atoms with Gasteiger partial charge in [0.05, 0.1) is 13.1 Å². The second-order valence-electron chi connectivity index (χ2n) is 3.28. The van der Waals surface area contributed by atoms with Crippen molar-refractivity contribution in [1.82, 2.24) is 24.5 Å².